The summed E-state index contributed by atoms with van der Waals surface area (Å²) in [7, 11) is 0. The molecule has 0 aliphatic carbocycles. The zero-order chi connectivity index (χ0) is 11.8. The largest absolute Gasteiger partial charge is 0.330 e. The van der Waals surface area contributed by atoms with Gasteiger partial charge in [0, 0.05) is 20.4 Å². The number of rotatable bonds is 4. The van der Waals surface area contributed by atoms with Crippen molar-refractivity contribution in [2.45, 2.75) is 13.8 Å². The molecule has 0 aliphatic heterocycles. The summed E-state index contributed by atoms with van der Waals surface area (Å²) in [4.78, 5) is 34.0. The van der Waals surface area contributed by atoms with Crippen LogP contribution in [0.4, 0.5) is 0 Å². The Morgan fingerprint density at radius 1 is 1.27 bits per heavy atom. The molecule has 0 aromatic heterocycles. The van der Waals surface area contributed by atoms with Crippen LogP contribution >= 0.6 is 0 Å². The van der Waals surface area contributed by atoms with Gasteiger partial charge in [0.2, 0.25) is 11.8 Å². The van der Waals surface area contributed by atoms with Crippen molar-refractivity contribution < 1.29 is 14.4 Å². The maximum absolute atomic E-state index is 11.2. The number of amides is 3. The standard InChI is InChI=1S/C9H15N3O3/c1-4-5-12(8(3)14)6-9(15)11-10-7(2)13/h4H,1,5-6H2,2-3H3,(H,10,13)(H,11,15). The molecule has 0 rings (SSSR count). The predicted octanol–water partition coefficient (Wildman–Crippen LogP) is -0.812. The van der Waals surface area contributed by atoms with Gasteiger partial charge in [0.05, 0.1) is 0 Å². The van der Waals surface area contributed by atoms with Crippen LogP contribution in [0, 0.1) is 0 Å². The molecule has 0 saturated heterocycles. The van der Waals surface area contributed by atoms with Gasteiger partial charge in [0.1, 0.15) is 6.54 Å². The summed E-state index contributed by atoms with van der Waals surface area (Å²) in [6, 6.07) is 0. The van der Waals surface area contributed by atoms with Gasteiger partial charge in [-0.05, 0) is 0 Å². The fourth-order valence-corrected chi connectivity index (χ4v) is 0.831. The van der Waals surface area contributed by atoms with Crippen LogP contribution in [-0.2, 0) is 14.4 Å². The zero-order valence-corrected chi connectivity index (χ0v) is 8.87. The fourth-order valence-electron chi connectivity index (χ4n) is 0.831. The van der Waals surface area contributed by atoms with E-state index in [1.165, 1.54) is 24.8 Å². The Morgan fingerprint density at radius 2 is 1.87 bits per heavy atom. The molecular weight excluding hydrogens is 198 g/mol. The monoisotopic (exact) mass is 213 g/mol. The lowest BCUT2D eigenvalue weighted by atomic mass is 10.4. The molecule has 0 spiro atoms. The first-order valence-corrected chi connectivity index (χ1v) is 4.39. The summed E-state index contributed by atoms with van der Waals surface area (Å²) in [6.07, 6.45) is 1.52. The average molecular weight is 213 g/mol. The minimum absolute atomic E-state index is 0.109. The van der Waals surface area contributed by atoms with Gasteiger partial charge >= 0.3 is 0 Å². The second-order valence-electron chi connectivity index (χ2n) is 2.92. The third kappa shape index (κ3) is 6.25. The lowest BCUT2D eigenvalue weighted by Gasteiger charge is -2.18. The van der Waals surface area contributed by atoms with E-state index in [1.807, 2.05) is 0 Å². The second kappa shape index (κ2) is 6.58. The molecule has 0 bridgehead atoms. The Bertz CT molecular complexity index is 276. The zero-order valence-electron chi connectivity index (χ0n) is 8.87. The summed E-state index contributed by atoms with van der Waals surface area (Å²) in [5.41, 5.74) is 4.29. The van der Waals surface area contributed by atoms with Gasteiger partial charge in [-0.3, -0.25) is 25.2 Å². The van der Waals surface area contributed by atoms with E-state index in [2.05, 4.69) is 17.4 Å². The third-order valence-corrected chi connectivity index (χ3v) is 1.51. The van der Waals surface area contributed by atoms with E-state index >= 15 is 0 Å². The van der Waals surface area contributed by atoms with Crippen LogP contribution in [0.15, 0.2) is 12.7 Å². The van der Waals surface area contributed by atoms with Crippen LogP contribution in [-0.4, -0.2) is 35.7 Å². The second-order valence-corrected chi connectivity index (χ2v) is 2.92. The summed E-state index contributed by atoms with van der Waals surface area (Å²) in [6.45, 7) is 6.28. The number of hydrogen-bond donors (Lipinski definition) is 2. The van der Waals surface area contributed by atoms with Crippen LogP contribution in [0.25, 0.3) is 0 Å². The predicted molar refractivity (Wildman–Crippen MR) is 54.4 cm³/mol. The lowest BCUT2D eigenvalue weighted by Crippen LogP contribution is -2.46. The first-order valence-electron chi connectivity index (χ1n) is 4.39. The van der Waals surface area contributed by atoms with Gasteiger partial charge in [-0.15, -0.1) is 6.58 Å². The molecule has 6 nitrogen and oxygen atoms in total. The Kier molecular flexibility index (Phi) is 5.77. The molecule has 0 heterocycles. The van der Waals surface area contributed by atoms with Gasteiger partial charge in [0.25, 0.3) is 5.91 Å². The Morgan fingerprint density at radius 3 is 2.27 bits per heavy atom. The number of hydrazine groups is 1. The third-order valence-electron chi connectivity index (χ3n) is 1.51. The van der Waals surface area contributed by atoms with E-state index in [1.54, 1.807) is 0 Å². The summed E-state index contributed by atoms with van der Waals surface area (Å²) < 4.78 is 0. The Hall–Kier alpha value is -1.85. The van der Waals surface area contributed by atoms with Crippen LogP contribution in [0.3, 0.4) is 0 Å². The number of carbonyl (C=O) groups excluding carboxylic acids is 3. The van der Waals surface area contributed by atoms with Gasteiger partial charge in [-0.25, -0.2) is 0 Å². The maximum atomic E-state index is 11.2. The molecular formula is C9H15N3O3. The minimum Gasteiger partial charge on any atom is -0.330 e. The highest BCUT2D eigenvalue weighted by atomic mass is 16.2. The number of nitrogens with zero attached hydrogens (tertiary/aromatic N) is 1. The molecule has 0 atom stereocenters. The molecule has 0 fully saturated rings. The molecule has 15 heavy (non-hydrogen) atoms. The summed E-state index contributed by atoms with van der Waals surface area (Å²) >= 11 is 0. The molecule has 84 valence electrons. The van der Waals surface area contributed by atoms with Gasteiger partial charge in [-0.2, -0.15) is 0 Å². The van der Waals surface area contributed by atoms with Crippen LogP contribution in [0.2, 0.25) is 0 Å². The highest BCUT2D eigenvalue weighted by Crippen LogP contribution is 1.89. The van der Waals surface area contributed by atoms with Crippen molar-refractivity contribution in [2.24, 2.45) is 0 Å². The summed E-state index contributed by atoms with van der Waals surface area (Å²) in [5, 5.41) is 0. The smallest absolute Gasteiger partial charge is 0.258 e. The van der Waals surface area contributed by atoms with Crippen molar-refractivity contribution >= 4 is 17.7 Å². The summed E-state index contributed by atoms with van der Waals surface area (Å²) in [5.74, 6) is -1.06. The van der Waals surface area contributed by atoms with Crippen molar-refractivity contribution in [1.29, 1.82) is 0 Å². The molecule has 0 unspecified atom stereocenters. The maximum Gasteiger partial charge on any atom is 0.258 e. The molecule has 2 N–H and O–H groups in total. The molecule has 0 aliphatic rings. The normalized spacial score (nSPS) is 8.93. The average Bonchev–Trinajstić information content (AvgIpc) is 2.14. The first kappa shape index (κ1) is 13.2. The molecule has 0 radical (unpaired) electrons. The lowest BCUT2D eigenvalue weighted by molar-refractivity contribution is -0.135. The SMILES string of the molecule is C=CCN(CC(=O)NNC(C)=O)C(C)=O. The quantitative estimate of drug-likeness (QED) is 0.473. The van der Waals surface area contributed by atoms with E-state index in [4.69, 9.17) is 0 Å². The van der Waals surface area contributed by atoms with E-state index < -0.39 is 5.91 Å². The van der Waals surface area contributed by atoms with Crippen molar-refractivity contribution in [1.82, 2.24) is 15.8 Å². The Labute approximate surface area is 88.3 Å². The molecule has 0 aromatic carbocycles. The van der Waals surface area contributed by atoms with Gasteiger partial charge < -0.3 is 4.90 Å². The first-order chi connectivity index (χ1) is 6.97. The van der Waals surface area contributed by atoms with Gasteiger partial charge in [0.15, 0.2) is 0 Å². The Balaban J connectivity index is 4.05. The van der Waals surface area contributed by atoms with E-state index in [-0.39, 0.29) is 18.4 Å². The minimum atomic E-state index is -0.456. The van der Waals surface area contributed by atoms with E-state index in [0.29, 0.717) is 6.54 Å². The van der Waals surface area contributed by atoms with Crippen LogP contribution in [0.1, 0.15) is 13.8 Å². The topological polar surface area (TPSA) is 78.5 Å². The molecule has 3 amide bonds. The highest BCUT2D eigenvalue weighted by Gasteiger charge is 2.11. The van der Waals surface area contributed by atoms with Crippen molar-refractivity contribution in [2.75, 3.05) is 13.1 Å². The molecule has 0 saturated carbocycles. The van der Waals surface area contributed by atoms with Crippen molar-refractivity contribution in [3.05, 3.63) is 12.7 Å². The van der Waals surface area contributed by atoms with Crippen LogP contribution < -0.4 is 10.9 Å². The van der Waals surface area contributed by atoms with Crippen molar-refractivity contribution in [3.63, 3.8) is 0 Å². The number of carbonyl (C=O) groups is 3. The van der Waals surface area contributed by atoms with Gasteiger partial charge in [-0.1, -0.05) is 6.08 Å². The molecule has 0 aromatic rings. The van der Waals surface area contributed by atoms with E-state index in [0.717, 1.165) is 0 Å². The fraction of sp³-hybridized carbons (Fsp3) is 0.444. The molecule has 6 heteroatoms. The van der Waals surface area contributed by atoms with E-state index in [9.17, 15) is 14.4 Å². The number of nitrogens with one attached hydrogen (secondary N) is 2. The highest BCUT2D eigenvalue weighted by molar-refractivity contribution is 5.85. The van der Waals surface area contributed by atoms with Crippen LogP contribution in [0.5, 0.6) is 0 Å². The van der Waals surface area contributed by atoms with Crippen molar-refractivity contribution in [3.8, 4) is 0 Å². The number of hydrogen-bond acceptors (Lipinski definition) is 3.